The molecule has 132 valence electrons. The predicted octanol–water partition coefficient (Wildman–Crippen LogP) is 2.25. The Kier molecular flexibility index (Phi) is 4.59. The van der Waals surface area contributed by atoms with Crippen molar-refractivity contribution >= 4 is 5.95 Å². The Balaban J connectivity index is 1.36. The minimum atomic E-state index is -0.428. The van der Waals surface area contributed by atoms with E-state index in [1.807, 2.05) is 12.3 Å². The number of nitrogens with zero attached hydrogens (tertiary/aromatic N) is 4. The van der Waals surface area contributed by atoms with Crippen LogP contribution in [0.25, 0.3) is 0 Å². The van der Waals surface area contributed by atoms with Crippen LogP contribution < -0.4 is 5.32 Å². The first-order valence-electron chi connectivity index (χ1n) is 8.70. The minimum Gasteiger partial charge on any atom is -0.371 e. The second-order valence-corrected chi connectivity index (χ2v) is 6.94. The summed E-state index contributed by atoms with van der Waals surface area (Å²) in [7, 11) is 0. The van der Waals surface area contributed by atoms with E-state index in [0.29, 0.717) is 12.6 Å². The van der Waals surface area contributed by atoms with E-state index in [1.54, 1.807) is 6.20 Å². The molecule has 0 aromatic carbocycles. The lowest BCUT2D eigenvalue weighted by Gasteiger charge is -2.39. The van der Waals surface area contributed by atoms with E-state index in [4.69, 9.17) is 4.74 Å². The maximum absolute atomic E-state index is 12.9. The topological polar surface area (TPSA) is 63.2 Å². The number of pyridine rings is 1. The van der Waals surface area contributed by atoms with E-state index >= 15 is 0 Å². The van der Waals surface area contributed by atoms with Gasteiger partial charge in [-0.25, -0.2) is 14.4 Å². The Morgan fingerprint density at radius 1 is 1.32 bits per heavy atom. The number of rotatable bonds is 4. The van der Waals surface area contributed by atoms with Gasteiger partial charge in [-0.15, -0.1) is 0 Å². The molecule has 4 rings (SSSR count). The molecule has 1 N–H and O–H groups in total. The Hall–Kier alpha value is -2.12. The third-order valence-corrected chi connectivity index (χ3v) is 4.91. The summed E-state index contributed by atoms with van der Waals surface area (Å²) in [6.07, 6.45) is 9.19. The van der Waals surface area contributed by atoms with Gasteiger partial charge in [-0.1, -0.05) is 6.07 Å². The highest BCUT2D eigenvalue weighted by Crippen LogP contribution is 2.35. The number of nitrogens with one attached hydrogen (secondary N) is 1. The van der Waals surface area contributed by atoms with Crippen LogP contribution in [0, 0.1) is 5.82 Å². The van der Waals surface area contributed by atoms with Crippen LogP contribution in [0.5, 0.6) is 0 Å². The van der Waals surface area contributed by atoms with E-state index in [9.17, 15) is 4.39 Å². The van der Waals surface area contributed by atoms with E-state index in [0.717, 1.165) is 38.9 Å². The fourth-order valence-electron chi connectivity index (χ4n) is 3.87. The van der Waals surface area contributed by atoms with Gasteiger partial charge in [0.1, 0.15) is 0 Å². The molecule has 2 aromatic heterocycles. The first-order chi connectivity index (χ1) is 12.2. The van der Waals surface area contributed by atoms with Gasteiger partial charge in [0.25, 0.3) is 0 Å². The Bertz CT molecular complexity index is 698. The Labute approximate surface area is 146 Å². The smallest absolute Gasteiger partial charge is 0.223 e. The third-order valence-electron chi connectivity index (χ3n) is 4.91. The molecule has 0 aliphatic carbocycles. The SMILES string of the molecule is Fc1cnc(N[C@@H]2CO[C@]3(CCCN(Cc4cccnc4)C3)C2)nc1. The molecule has 2 fully saturated rings. The highest BCUT2D eigenvalue weighted by atomic mass is 19.1. The summed E-state index contributed by atoms with van der Waals surface area (Å²) < 4.78 is 19.1. The van der Waals surface area contributed by atoms with E-state index < -0.39 is 5.82 Å². The predicted molar refractivity (Wildman–Crippen MR) is 91.4 cm³/mol. The molecule has 0 amide bonds. The lowest BCUT2D eigenvalue weighted by molar-refractivity contribution is -0.0533. The average Bonchev–Trinajstić information content (AvgIpc) is 3.00. The number of hydrogen-bond donors (Lipinski definition) is 1. The number of likely N-dealkylation sites (tertiary alicyclic amines) is 1. The molecule has 0 saturated carbocycles. The van der Waals surface area contributed by atoms with Gasteiger partial charge in [-0.2, -0.15) is 0 Å². The number of ether oxygens (including phenoxy) is 1. The zero-order valence-electron chi connectivity index (χ0n) is 14.1. The first-order valence-corrected chi connectivity index (χ1v) is 8.70. The van der Waals surface area contributed by atoms with Crippen LogP contribution in [0.3, 0.4) is 0 Å². The van der Waals surface area contributed by atoms with Crippen molar-refractivity contribution in [3.63, 3.8) is 0 Å². The fraction of sp³-hybridized carbons (Fsp3) is 0.500. The molecule has 2 aliphatic rings. The van der Waals surface area contributed by atoms with E-state index in [1.165, 1.54) is 18.0 Å². The summed E-state index contributed by atoms with van der Waals surface area (Å²) in [6.45, 7) is 3.53. The van der Waals surface area contributed by atoms with Crippen LogP contribution in [0.2, 0.25) is 0 Å². The van der Waals surface area contributed by atoms with Gasteiger partial charge in [-0.05, 0) is 31.0 Å². The normalized spacial score (nSPS) is 26.8. The summed E-state index contributed by atoms with van der Waals surface area (Å²) in [5, 5.41) is 3.26. The lowest BCUT2D eigenvalue weighted by atomic mass is 9.88. The molecule has 4 heterocycles. The summed E-state index contributed by atoms with van der Waals surface area (Å²) in [5.74, 6) is 0.0260. The van der Waals surface area contributed by atoms with E-state index in [2.05, 4.69) is 31.2 Å². The van der Waals surface area contributed by atoms with Gasteiger partial charge in [0.05, 0.1) is 30.6 Å². The molecule has 0 bridgehead atoms. The van der Waals surface area contributed by atoms with Gasteiger partial charge in [0.2, 0.25) is 5.95 Å². The molecule has 1 spiro atoms. The van der Waals surface area contributed by atoms with Gasteiger partial charge in [0, 0.05) is 31.9 Å². The van der Waals surface area contributed by atoms with Crippen LogP contribution in [0.4, 0.5) is 10.3 Å². The van der Waals surface area contributed by atoms with Crippen molar-refractivity contribution in [3.05, 3.63) is 48.3 Å². The second kappa shape index (κ2) is 7.01. The summed E-state index contributed by atoms with van der Waals surface area (Å²) in [5.41, 5.74) is 1.12. The number of halogens is 1. The van der Waals surface area contributed by atoms with Crippen molar-refractivity contribution in [2.45, 2.75) is 37.5 Å². The Morgan fingerprint density at radius 3 is 3.00 bits per heavy atom. The van der Waals surface area contributed by atoms with Crippen molar-refractivity contribution in [2.24, 2.45) is 0 Å². The number of piperidine rings is 1. The van der Waals surface area contributed by atoms with Crippen molar-refractivity contribution in [1.82, 2.24) is 19.9 Å². The van der Waals surface area contributed by atoms with Crippen molar-refractivity contribution < 1.29 is 9.13 Å². The van der Waals surface area contributed by atoms with Crippen LogP contribution in [0.1, 0.15) is 24.8 Å². The van der Waals surface area contributed by atoms with Crippen molar-refractivity contribution in [1.29, 1.82) is 0 Å². The average molecular weight is 343 g/mol. The van der Waals surface area contributed by atoms with Crippen LogP contribution >= 0.6 is 0 Å². The maximum atomic E-state index is 12.9. The number of hydrogen-bond acceptors (Lipinski definition) is 6. The van der Waals surface area contributed by atoms with Gasteiger partial charge in [-0.3, -0.25) is 9.88 Å². The largest absolute Gasteiger partial charge is 0.371 e. The molecule has 2 atom stereocenters. The van der Waals surface area contributed by atoms with Crippen molar-refractivity contribution in [3.8, 4) is 0 Å². The Morgan fingerprint density at radius 2 is 2.20 bits per heavy atom. The zero-order valence-corrected chi connectivity index (χ0v) is 14.1. The minimum absolute atomic E-state index is 0.113. The van der Waals surface area contributed by atoms with Crippen LogP contribution in [0.15, 0.2) is 36.9 Å². The first kappa shape index (κ1) is 16.4. The van der Waals surface area contributed by atoms with Gasteiger partial charge >= 0.3 is 0 Å². The lowest BCUT2D eigenvalue weighted by Crippen LogP contribution is -2.47. The quantitative estimate of drug-likeness (QED) is 0.919. The third kappa shape index (κ3) is 3.93. The molecule has 0 radical (unpaired) electrons. The van der Waals surface area contributed by atoms with Crippen LogP contribution in [-0.4, -0.2) is 51.2 Å². The molecule has 2 saturated heterocycles. The van der Waals surface area contributed by atoms with Gasteiger partial charge in [0.15, 0.2) is 5.82 Å². The van der Waals surface area contributed by atoms with Crippen LogP contribution in [-0.2, 0) is 11.3 Å². The number of anilines is 1. The molecule has 7 heteroatoms. The highest BCUT2D eigenvalue weighted by Gasteiger charge is 2.43. The monoisotopic (exact) mass is 343 g/mol. The zero-order chi connectivity index (χ0) is 17.1. The summed E-state index contributed by atoms with van der Waals surface area (Å²) in [6, 6.07) is 4.24. The molecule has 2 aliphatic heterocycles. The summed E-state index contributed by atoms with van der Waals surface area (Å²) >= 11 is 0. The van der Waals surface area contributed by atoms with E-state index in [-0.39, 0.29) is 11.6 Å². The molecular formula is C18H22FN5O. The molecule has 2 aromatic rings. The van der Waals surface area contributed by atoms with Crippen molar-refractivity contribution in [2.75, 3.05) is 25.0 Å². The fourth-order valence-corrected chi connectivity index (χ4v) is 3.87. The molecule has 25 heavy (non-hydrogen) atoms. The molecule has 6 nitrogen and oxygen atoms in total. The standard InChI is InChI=1S/C18H22FN5O/c19-15-9-21-17(22-10-15)23-16-7-18(25-12-16)4-2-6-24(13-18)11-14-3-1-5-20-8-14/h1,3,5,8-10,16H,2,4,6-7,11-13H2,(H,21,22,23)/t16-,18+/m0/s1. The van der Waals surface area contributed by atoms with Gasteiger partial charge < -0.3 is 10.1 Å². The molecule has 0 unspecified atom stereocenters. The maximum Gasteiger partial charge on any atom is 0.223 e. The molecular weight excluding hydrogens is 321 g/mol. The second-order valence-electron chi connectivity index (χ2n) is 6.94. The highest BCUT2D eigenvalue weighted by molar-refractivity contribution is 5.26. The summed E-state index contributed by atoms with van der Waals surface area (Å²) in [4.78, 5) is 14.6. The number of aromatic nitrogens is 3.